The first-order valence-electron chi connectivity index (χ1n) is 5.64. The van der Waals surface area contributed by atoms with Crippen LogP contribution < -0.4 is 5.73 Å². The van der Waals surface area contributed by atoms with Gasteiger partial charge in [-0.2, -0.15) is 5.10 Å². The first-order valence-corrected chi connectivity index (χ1v) is 6.43. The number of carbonyl (C=O) groups is 2. The van der Waals surface area contributed by atoms with E-state index in [0.717, 1.165) is 4.47 Å². The van der Waals surface area contributed by atoms with Crippen LogP contribution in [0.3, 0.4) is 0 Å². The standard InChI is InChI=1S/C12H12BrN3O3/c1-2-19-10(17)6-16-9-4-3-7(13)5-8(9)11(15-16)12(14)18/h3-5H,2,6H2,1H3,(H2,14,18). The number of benzene rings is 1. The van der Waals surface area contributed by atoms with Gasteiger partial charge in [0.25, 0.3) is 5.91 Å². The molecule has 2 N–H and O–H groups in total. The molecule has 1 aromatic carbocycles. The zero-order valence-corrected chi connectivity index (χ0v) is 11.8. The molecule has 0 aliphatic heterocycles. The highest BCUT2D eigenvalue weighted by molar-refractivity contribution is 9.10. The van der Waals surface area contributed by atoms with E-state index in [9.17, 15) is 9.59 Å². The number of esters is 1. The molecule has 1 heterocycles. The number of hydrogen-bond donors (Lipinski definition) is 1. The van der Waals surface area contributed by atoms with Gasteiger partial charge in [-0.25, -0.2) is 0 Å². The molecule has 19 heavy (non-hydrogen) atoms. The van der Waals surface area contributed by atoms with E-state index in [1.54, 1.807) is 25.1 Å². The van der Waals surface area contributed by atoms with Crippen LogP contribution in [0.25, 0.3) is 10.9 Å². The van der Waals surface area contributed by atoms with Crippen molar-refractivity contribution in [2.75, 3.05) is 6.61 Å². The summed E-state index contributed by atoms with van der Waals surface area (Å²) in [5.41, 5.74) is 6.08. The lowest BCUT2D eigenvalue weighted by Crippen LogP contribution is -2.16. The van der Waals surface area contributed by atoms with E-state index >= 15 is 0 Å². The molecule has 100 valence electrons. The van der Waals surface area contributed by atoms with Gasteiger partial charge in [-0.05, 0) is 25.1 Å². The molecule has 0 aliphatic carbocycles. The van der Waals surface area contributed by atoms with Gasteiger partial charge in [-0.15, -0.1) is 0 Å². The zero-order valence-electron chi connectivity index (χ0n) is 10.2. The molecule has 1 amide bonds. The Kier molecular flexibility index (Phi) is 3.84. The third-order valence-corrected chi connectivity index (χ3v) is 3.02. The average molecular weight is 326 g/mol. The van der Waals surface area contributed by atoms with Crippen molar-refractivity contribution in [2.45, 2.75) is 13.5 Å². The number of halogens is 1. The minimum absolute atomic E-state index is 0.0563. The molecule has 7 heteroatoms. The Morgan fingerprint density at radius 3 is 2.84 bits per heavy atom. The summed E-state index contributed by atoms with van der Waals surface area (Å²) in [6.45, 7) is 1.97. The lowest BCUT2D eigenvalue weighted by Gasteiger charge is -2.03. The van der Waals surface area contributed by atoms with Gasteiger partial charge in [0.05, 0.1) is 12.1 Å². The highest BCUT2D eigenvalue weighted by atomic mass is 79.9. The molecular formula is C12H12BrN3O3. The number of primary amides is 1. The monoisotopic (exact) mass is 325 g/mol. The predicted octanol–water partition coefficient (Wildman–Crippen LogP) is 1.46. The lowest BCUT2D eigenvalue weighted by atomic mass is 10.2. The number of rotatable bonds is 4. The quantitative estimate of drug-likeness (QED) is 0.862. The first kappa shape index (κ1) is 13.5. The van der Waals surface area contributed by atoms with Gasteiger partial charge >= 0.3 is 5.97 Å². The number of aromatic nitrogens is 2. The van der Waals surface area contributed by atoms with E-state index in [-0.39, 0.29) is 12.2 Å². The highest BCUT2D eigenvalue weighted by Gasteiger charge is 2.17. The Hall–Kier alpha value is -1.89. The summed E-state index contributed by atoms with van der Waals surface area (Å²) < 4.78 is 7.08. The number of nitrogens with zero attached hydrogens (tertiary/aromatic N) is 2. The maximum absolute atomic E-state index is 11.5. The number of fused-ring (bicyclic) bond motifs is 1. The van der Waals surface area contributed by atoms with Crippen LogP contribution in [0.4, 0.5) is 0 Å². The SMILES string of the molecule is CCOC(=O)Cn1nc(C(N)=O)c2cc(Br)ccc21. The van der Waals surface area contributed by atoms with Gasteiger partial charge in [0.2, 0.25) is 0 Å². The number of carbonyl (C=O) groups excluding carboxylic acids is 2. The number of hydrogen-bond acceptors (Lipinski definition) is 4. The van der Waals surface area contributed by atoms with E-state index in [2.05, 4.69) is 21.0 Å². The fourth-order valence-corrected chi connectivity index (χ4v) is 2.14. The molecule has 0 saturated carbocycles. The minimum Gasteiger partial charge on any atom is -0.465 e. The molecule has 0 saturated heterocycles. The van der Waals surface area contributed by atoms with Crippen molar-refractivity contribution in [3.63, 3.8) is 0 Å². The van der Waals surface area contributed by atoms with Crippen LogP contribution in [0.2, 0.25) is 0 Å². The minimum atomic E-state index is -0.634. The van der Waals surface area contributed by atoms with Crippen LogP contribution in [0.15, 0.2) is 22.7 Å². The summed E-state index contributed by atoms with van der Waals surface area (Å²) in [7, 11) is 0. The van der Waals surface area contributed by atoms with E-state index in [0.29, 0.717) is 17.5 Å². The third-order valence-electron chi connectivity index (χ3n) is 2.53. The molecule has 0 atom stereocenters. The number of nitrogens with two attached hydrogens (primary N) is 1. The summed E-state index contributed by atoms with van der Waals surface area (Å²) in [6, 6.07) is 5.30. The van der Waals surface area contributed by atoms with Crippen molar-refractivity contribution in [2.24, 2.45) is 5.73 Å². The van der Waals surface area contributed by atoms with E-state index in [1.807, 2.05) is 0 Å². The summed E-state index contributed by atoms with van der Waals surface area (Å²) in [4.78, 5) is 22.9. The first-order chi connectivity index (χ1) is 9.02. The molecule has 0 aliphatic rings. The van der Waals surface area contributed by atoms with Crippen molar-refractivity contribution < 1.29 is 14.3 Å². The second-order valence-electron chi connectivity index (χ2n) is 3.84. The van der Waals surface area contributed by atoms with Crippen molar-refractivity contribution >= 4 is 38.7 Å². The molecule has 0 spiro atoms. The highest BCUT2D eigenvalue weighted by Crippen LogP contribution is 2.23. The van der Waals surface area contributed by atoms with Crippen LogP contribution in [0.5, 0.6) is 0 Å². The fourth-order valence-electron chi connectivity index (χ4n) is 1.78. The summed E-state index contributed by atoms with van der Waals surface area (Å²) in [6.07, 6.45) is 0. The summed E-state index contributed by atoms with van der Waals surface area (Å²) in [5, 5.41) is 4.68. The molecule has 0 bridgehead atoms. The van der Waals surface area contributed by atoms with Gasteiger partial charge in [-0.1, -0.05) is 15.9 Å². The Balaban J connectivity index is 2.50. The number of amides is 1. The second-order valence-corrected chi connectivity index (χ2v) is 4.75. The second kappa shape index (κ2) is 5.40. The topological polar surface area (TPSA) is 87.2 Å². The van der Waals surface area contributed by atoms with Gasteiger partial charge in [-0.3, -0.25) is 14.3 Å². The van der Waals surface area contributed by atoms with Crippen LogP contribution >= 0.6 is 15.9 Å². The normalized spacial score (nSPS) is 10.6. The largest absolute Gasteiger partial charge is 0.465 e. The Labute approximate surface area is 117 Å². The van der Waals surface area contributed by atoms with E-state index < -0.39 is 11.9 Å². The van der Waals surface area contributed by atoms with Crippen LogP contribution in [-0.2, 0) is 16.1 Å². The van der Waals surface area contributed by atoms with Crippen LogP contribution in [-0.4, -0.2) is 28.3 Å². The van der Waals surface area contributed by atoms with E-state index in [4.69, 9.17) is 10.5 Å². The molecule has 6 nitrogen and oxygen atoms in total. The van der Waals surface area contributed by atoms with Gasteiger partial charge in [0.1, 0.15) is 6.54 Å². The fraction of sp³-hybridized carbons (Fsp3) is 0.250. The van der Waals surface area contributed by atoms with Gasteiger partial charge < -0.3 is 10.5 Å². The van der Waals surface area contributed by atoms with Crippen LogP contribution in [0, 0.1) is 0 Å². The Bertz CT molecular complexity index is 651. The average Bonchev–Trinajstić information content (AvgIpc) is 2.67. The number of ether oxygens (including phenoxy) is 1. The summed E-state index contributed by atoms with van der Waals surface area (Å²) >= 11 is 3.32. The molecule has 0 unspecified atom stereocenters. The maximum atomic E-state index is 11.5. The van der Waals surface area contributed by atoms with Gasteiger partial charge in [0.15, 0.2) is 5.69 Å². The molecule has 2 aromatic rings. The molecular weight excluding hydrogens is 314 g/mol. The molecule has 0 radical (unpaired) electrons. The molecule has 0 fully saturated rings. The maximum Gasteiger partial charge on any atom is 0.327 e. The predicted molar refractivity (Wildman–Crippen MR) is 72.6 cm³/mol. The van der Waals surface area contributed by atoms with Crippen molar-refractivity contribution in [1.82, 2.24) is 9.78 Å². The lowest BCUT2D eigenvalue weighted by molar-refractivity contribution is -0.143. The van der Waals surface area contributed by atoms with Crippen molar-refractivity contribution in [1.29, 1.82) is 0 Å². The zero-order chi connectivity index (χ0) is 14.0. The molecule has 2 rings (SSSR count). The van der Waals surface area contributed by atoms with Crippen molar-refractivity contribution in [3.8, 4) is 0 Å². The molecule has 1 aromatic heterocycles. The van der Waals surface area contributed by atoms with E-state index in [1.165, 1.54) is 4.68 Å². The Morgan fingerprint density at radius 1 is 1.47 bits per heavy atom. The Morgan fingerprint density at radius 2 is 2.21 bits per heavy atom. The third kappa shape index (κ3) is 2.76. The van der Waals surface area contributed by atoms with Crippen LogP contribution in [0.1, 0.15) is 17.4 Å². The van der Waals surface area contributed by atoms with Crippen molar-refractivity contribution in [3.05, 3.63) is 28.4 Å². The van der Waals surface area contributed by atoms with Gasteiger partial charge in [0, 0.05) is 9.86 Å². The smallest absolute Gasteiger partial charge is 0.327 e. The summed E-state index contributed by atoms with van der Waals surface area (Å²) in [5.74, 6) is -1.04.